The smallest absolute Gasteiger partial charge is 0.298 e. The molecule has 1 aromatic carbocycles. The Hall–Kier alpha value is -2.16. The summed E-state index contributed by atoms with van der Waals surface area (Å²) >= 11 is 1.60. The number of aromatic nitrogens is 2. The molecule has 3 fully saturated rings. The molecule has 3 aromatic rings. The van der Waals surface area contributed by atoms with Crippen LogP contribution in [-0.4, -0.2) is 55.0 Å². The van der Waals surface area contributed by atoms with E-state index in [4.69, 9.17) is 18.9 Å². The first kappa shape index (κ1) is 16.8. The van der Waals surface area contributed by atoms with Crippen LogP contribution in [0.25, 0.3) is 21.7 Å². The molecule has 8 heteroatoms. The van der Waals surface area contributed by atoms with Gasteiger partial charge in [0.2, 0.25) is 0 Å². The number of nitrogens with one attached hydrogen (secondary N) is 1. The number of thiazole rings is 1. The van der Waals surface area contributed by atoms with Crippen LogP contribution >= 0.6 is 11.3 Å². The number of hydrogen-bond donors (Lipinski definition) is 1. The van der Waals surface area contributed by atoms with Crippen LogP contribution in [0.3, 0.4) is 0 Å². The van der Waals surface area contributed by atoms with Gasteiger partial charge in [-0.05, 0) is 18.9 Å². The van der Waals surface area contributed by atoms with Gasteiger partial charge in [0.1, 0.15) is 16.3 Å². The summed E-state index contributed by atoms with van der Waals surface area (Å²) in [7, 11) is 0. The molecule has 146 valence electrons. The molecule has 0 saturated carbocycles. The maximum Gasteiger partial charge on any atom is 0.298 e. The van der Waals surface area contributed by atoms with Gasteiger partial charge in [-0.3, -0.25) is 0 Å². The number of piperazine rings is 1. The van der Waals surface area contributed by atoms with Crippen molar-refractivity contribution in [1.29, 1.82) is 0 Å². The van der Waals surface area contributed by atoms with Crippen molar-refractivity contribution in [3.8, 4) is 16.3 Å². The van der Waals surface area contributed by atoms with E-state index in [2.05, 4.69) is 15.2 Å². The molecule has 3 aliphatic heterocycles. The summed E-state index contributed by atoms with van der Waals surface area (Å²) in [5.74, 6) is 1.29. The largest absolute Gasteiger partial charge is 0.493 e. The fourth-order valence-electron chi connectivity index (χ4n) is 4.28. The van der Waals surface area contributed by atoms with Gasteiger partial charge in [-0.1, -0.05) is 0 Å². The zero-order chi connectivity index (χ0) is 18.5. The highest BCUT2D eigenvalue weighted by atomic mass is 32.1. The summed E-state index contributed by atoms with van der Waals surface area (Å²) in [4.78, 5) is 11.6. The van der Waals surface area contributed by atoms with Gasteiger partial charge in [0.15, 0.2) is 5.58 Å². The minimum atomic E-state index is 0.475. The number of fused-ring (bicyclic) bond motifs is 3. The van der Waals surface area contributed by atoms with E-state index in [1.165, 1.54) is 12.8 Å². The molecule has 6 rings (SSSR count). The van der Waals surface area contributed by atoms with E-state index < -0.39 is 0 Å². The first-order chi connectivity index (χ1) is 13.8. The molecule has 2 aromatic heterocycles. The zero-order valence-corrected chi connectivity index (χ0v) is 16.3. The minimum absolute atomic E-state index is 0.475. The lowest BCUT2D eigenvalue weighted by molar-refractivity contribution is -0.0508. The standard InChI is InChI=1S/C20H22N4O3S/c1-2-14-8-24(7-13(1)22-14)20-23-17-6-15(26-11-12-9-25-10-12)5-16(18(17)27-20)19-21-3-4-28-19/h3-6,12-14,22H,1-2,7-11H2. The van der Waals surface area contributed by atoms with Crippen molar-refractivity contribution in [1.82, 2.24) is 15.3 Å². The third-order valence-corrected chi connectivity index (χ3v) is 6.60. The Morgan fingerprint density at radius 3 is 2.79 bits per heavy atom. The van der Waals surface area contributed by atoms with Crippen molar-refractivity contribution >= 4 is 28.5 Å². The zero-order valence-electron chi connectivity index (χ0n) is 15.5. The van der Waals surface area contributed by atoms with Crippen LogP contribution in [0.1, 0.15) is 12.8 Å². The van der Waals surface area contributed by atoms with Gasteiger partial charge in [-0.2, -0.15) is 4.98 Å². The Balaban J connectivity index is 1.37. The Morgan fingerprint density at radius 2 is 2.07 bits per heavy atom. The highest BCUT2D eigenvalue weighted by molar-refractivity contribution is 7.13. The third kappa shape index (κ3) is 2.96. The van der Waals surface area contributed by atoms with Gasteiger partial charge in [-0.15, -0.1) is 11.3 Å². The maximum absolute atomic E-state index is 6.28. The van der Waals surface area contributed by atoms with Gasteiger partial charge in [0.05, 0.1) is 25.4 Å². The van der Waals surface area contributed by atoms with Crippen molar-refractivity contribution in [2.75, 3.05) is 37.8 Å². The average molecular weight is 398 g/mol. The number of benzene rings is 1. The van der Waals surface area contributed by atoms with E-state index in [9.17, 15) is 0 Å². The van der Waals surface area contributed by atoms with E-state index in [0.717, 1.165) is 53.7 Å². The quantitative estimate of drug-likeness (QED) is 0.708. The number of ether oxygens (including phenoxy) is 2. The van der Waals surface area contributed by atoms with Crippen molar-refractivity contribution in [2.45, 2.75) is 24.9 Å². The van der Waals surface area contributed by atoms with Gasteiger partial charge < -0.3 is 24.1 Å². The molecule has 3 aliphatic rings. The molecule has 0 aliphatic carbocycles. The topological polar surface area (TPSA) is 72.7 Å². The summed E-state index contributed by atoms with van der Waals surface area (Å²) in [6, 6.07) is 5.79. The molecule has 0 spiro atoms. The SMILES string of the molecule is c1csc(-c2cc(OCC3COC3)cc3nc(N4CC5CCC(C4)N5)oc23)n1. The average Bonchev–Trinajstić information content (AvgIpc) is 3.39. The molecule has 3 saturated heterocycles. The first-order valence-corrected chi connectivity index (χ1v) is 10.8. The second-order valence-electron chi connectivity index (χ2n) is 7.91. The summed E-state index contributed by atoms with van der Waals surface area (Å²) in [5, 5.41) is 6.55. The highest BCUT2D eigenvalue weighted by Crippen LogP contribution is 2.37. The van der Waals surface area contributed by atoms with Crippen molar-refractivity contribution in [3.63, 3.8) is 0 Å². The first-order valence-electron chi connectivity index (χ1n) is 9.88. The second-order valence-corrected chi connectivity index (χ2v) is 8.80. The molecule has 2 atom stereocenters. The molecule has 2 bridgehead atoms. The molecule has 1 N–H and O–H groups in total. The Morgan fingerprint density at radius 1 is 1.21 bits per heavy atom. The van der Waals surface area contributed by atoms with Crippen molar-refractivity contribution < 1.29 is 13.9 Å². The summed E-state index contributed by atoms with van der Waals surface area (Å²) < 4.78 is 17.6. The van der Waals surface area contributed by atoms with Crippen LogP contribution in [-0.2, 0) is 4.74 Å². The summed E-state index contributed by atoms with van der Waals surface area (Å²) in [6.45, 7) is 4.11. The van der Waals surface area contributed by atoms with Crippen LogP contribution in [0.15, 0.2) is 28.1 Å². The lowest BCUT2D eigenvalue weighted by Gasteiger charge is -2.31. The molecular weight excluding hydrogens is 376 g/mol. The van der Waals surface area contributed by atoms with Gasteiger partial charge in [-0.25, -0.2) is 4.98 Å². The monoisotopic (exact) mass is 398 g/mol. The van der Waals surface area contributed by atoms with Crippen LogP contribution in [0, 0.1) is 5.92 Å². The normalized spacial score (nSPS) is 24.6. The lowest BCUT2D eigenvalue weighted by Crippen LogP contribution is -2.51. The van der Waals surface area contributed by atoms with E-state index in [1.807, 2.05) is 23.7 Å². The maximum atomic E-state index is 6.28. The van der Waals surface area contributed by atoms with E-state index in [-0.39, 0.29) is 0 Å². The second kappa shape index (κ2) is 6.72. The van der Waals surface area contributed by atoms with Crippen molar-refractivity contribution in [2.24, 2.45) is 5.92 Å². The number of hydrogen-bond acceptors (Lipinski definition) is 8. The lowest BCUT2D eigenvalue weighted by atomic mass is 10.1. The molecule has 0 radical (unpaired) electrons. The number of oxazole rings is 1. The molecule has 7 nitrogen and oxygen atoms in total. The molecule has 5 heterocycles. The van der Waals surface area contributed by atoms with Crippen LogP contribution in [0.4, 0.5) is 6.01 Å². The Kier molecular flexibility index (Phi) is 4.02. The fourth-order valence-corrected chi connectivity index (χ4v) is 4.93. The number of anilines is 1. The summed E-state index contributed by atoms with van der Waals surface area (Å²) in [5.41, 5.74) is 2.56. The Bertz CT molecular complexity index is 973. The number of nitrogens with zero attached hydrogens (tertiary/aromatic N) is 3. The van der Waals surface area contributed by atoms with Crippen LogP contribution < -0.4 is 15.0 Å². The van der Waals surface area contributed by atoms with Gasteiger partial charge >= 0.3 is 0 Å². The van der Waals surface area contributed by atoms with Crippen molar-refractivity contribution in [3.05, 3.63) is 23.7 Å². The van der Waals surface area contributed by atoms with Crippen LogP contribution in [0.2, 0.25) is 0 Å². The van der Waals surface area contributed by atoms with Gasteiger partial charge in [0.25, 0.3) is 6.01 Å². The molecular formula is C20H22N4O3S. The summed E-state index contributed by atoms with van der Waals surface area (Å²) in [6.07, 6.45) is 4.28. The van der Waals surface area contributed by atoms with Crippen LogP contribution in [0.5, 0.6) is 5.75 Å². The van der Waals surface area contributed by atoms with E-state index in [1.54, 1.807) is 11.3 Å². The van der Waals surface area contributed by atoms with E-state index in [0.29, 0.717) is 30.6 Å². The predicted molar refractivity (Wildman–Crippen MR) is 107 cm³/mol. The van der Waals surface area contributed by atoms with E-state index >= 15 is 0 Å². The third-order valence-electron chi connectivity index (χ3n) is 5.79. The fraction of sp³-hybridized carbons (Fsp3) is 0.500. The predicted octanol–water partition coefficient (Wildman–Crippen LogP) is 2.92. The highest BCUT2D eigenvalue weighted by Gasteiger charge is 2.34. The molecule has 28 heavy (non-hydrogen) atoms. The molecule has 2 unspecified atom stereocenters. The molecule has 0 amide bonds. The van der Waals surface area contributed by atoms with Gasteiger partial charge in [0, 0.05) is 48.7 Å². The number of rotatable bonds is 5. The minimum Gasteiger partial charge on any atom is -0.493 e. The Labute approximate surface area is 166 Å².